The third-order valence-corrected chi connectivity index (χ3v) is 3.54. The molecule has 0 saturated heterocycles. The van der Waals surface area contributed by atoms with Crippen molar-refractivity contribution in [3.05, 3.63) is 22.7 Å². The van der Waals surface area contributed by atoms with Gasteiger partial charge in [0.15, 0.2) is 17.3 Å². The number of nitrogens with two attached hydrogens (primary N) is 1. The smallest absolute Gasteiger partial charge is 0.251 e. The first-order valence-corrected chi connectivity index (χ1v) is 5.96. The van der Waals surface area contributed by atoms with Gasteiger partial charge in [-0.15, -0.1) is 0 Å². The molecule has 0 aromatic heterocycles. The van der Waals surface area contributed by atoms with Gasteiger partial charge in [-0.3, -0.25) is 4.79 Å². The summed E-state index contributed by atoms with van der Waals surface area (Å²) in [5, 5.41) is 0.360. The molecule has 0 unspecified atom stereocenters. The van der Waals surface area contributed by atoms with Crippen LogP contribution in [-0.4, -0.2) is 18.1 Å². The highest BCUT2D eigenvalue weighted by atomic mass is 35.5. The van der Waals surface area contributed by atoms with Crippen LogP contribution in [0, 0.1) is 0 Å². The summed E-state index contributed by atoms with van der Waals surface area (Å²) in [7, 11) is 0. The number of halogens is 1. The molecule has 1 fully saturated rings. The van der Waals surface area contributed by atoms with Crippen LogP contribution in [0.1, 0.15) is 29.6 Å². The van der Waals surface area contributed by atoms with Gasteiger partial charge in [-0.2, -0.15) is 0 Å². The first-order valence-electron chi connectivity index (χ1n) is 5.58. The maximum atomic E-state index is 11.6. The maximum Gasteiger partial charge on any atom is 0.251 e. The zero-order valence-corrected chi connectivity index (χ0v) is 9.92. The Morgan fingerprint density at radius 2 is 2.00 bits per heavy atom. The van der Waals surface area contributed by atoms with Crippen molar-refractivity contribution in [2.24, 2.45) is 5.73 Å². The summed E-state index contributed by atoms with van der Waals surface area (Å²) in [6, 6.07) is 3.26. The van der Waals surface area contributed by atoms with Crippen LogP contribution in [0.4, 0.5) is 0 Å². The minimum atomic E-state index is -0.504. The molecule has 4 nitrogen and oxygen atoms in total. The fourth-order valence-electron chi connectivity index (χ4n) is 2.11. The third-order valence-electron chi connectivity index (χ3n) is 3.23. The fourth-order valence-corrected chi connectivity index (χ4v) is 2.37. The molecule has 0 amide bonds. The number of carbonyl (C=O) groups is 1. The number of fused-ring (bicyclic) bond motifs is 1. The number of hydrogen-bond acceptors (Lipinski definition) is 4. The molecule has 17 heavy (non-hydrogen) atoms. The minimum absolute atomic E-state index is 0.0650. The number of ether oxygens (including phenoxy) is 2. The summed E-state index contributed by atoms with van der Waals surface area (Å²) in [6.45, 7) is -0.0650. The van der Waals surface area contributed by atoms with Crippen LogP contribution in [0.2, 0.25) is 5.02 Å². The van der Waals surface area contributed by atoms with Gasteiger partial charge in [-0.25, -0.2) is 0 Å². The van der Waals surface area contributed by atoms with Crippen molar-refractivity contribution in [1.29, 1.82) is 0 Å². The van der Waals surface area contributed by atoms with Gasteiger partial charge in [-0.05, 0) is 12.5 Å². The van der Waals surface area contributed by atoms with Crippen LogP contribution in [0.3, 0.4) is 0 Å². The predicted octanol–water partition coefficient (Wildman–Crippen LogP) is 2.13. The standard InChI is InChI=1S/C12H12ClNO3/c13-8-5-11-10(4-7(8)9(15)6-14)16-12(17-11)2-1-3-12/h4-5H,1-3,6,14H2. The summed E-state index contributed by atoms with van der Waals surface area (Å²) in [5.41, 5.74) is 5.72. The average molecular weight is 254 g/mol. The summed E-state index contributed by atoms with van der Waals surface area (Å²) in [4.78, 5) is 11.6. The van der Waals surface area contributed by atoms with Crippen molar-refractivity contribution in [3.63, 3.8) is 0 Å². The van der Waals surface area contributed by atoms with E-state index in [1.807, 2.05) is 0 Å². The first kappa shape index (κ1) is 10.9. The molecule has 3 rings (SSSR count). The van der Waals surface area contributed by atoms with Crippen molar-refractivity contribution < 1.29 is 14.3 Å². The second-order valence-electron chi connectivity index (χ2n) is 4.37. The first-order chi connectivity index (χ1) is 8.13. The lowest BCUT2D eigenvalue weighted by Crippen LogP contribution is -2.45. The Morgan fingerprint density at radius 3 is 2.53 bits per heavy atom. The monoisotopic (exact) mass is 253 g/mol. The summed E-state index contributed by atoms with van der Waals surface area (Å²) < 4.78 is 11.5. The Labute approximate surface area is 104 Å². The van der Waals surface area contributed by atoms with Gasteiger partial charge in [0.25, 0.3) is 5.79 Å². The van der Waals surface area contributed by atoms with E-state index in [1.165, 1.54) is 0 Å². The van der Waals surface area contributed by atoms with Crippen molar-refractivity contribution >= 4 is 17.4 Å². The normalized spacial score (nSPS) is 19.2. The van der Waals surface area contributed by atoms with E-state index in [9.17, 15) is 4.79 Å². The Morgan fingerprint density at radius 1 is 1.35 bits per heavy atom. The number of Topliss-reactive ketones (excluding diaryl/α,β-unsaturated/α-hetero) is 1. The van der Waals surface area contributed by atoms with Crippen LogP contribution in [0.5, 0.6) is 11.5 Å². The Balaban J connectivity index is 1.98. The van der Waals surface area contributed by atoms with E-state index in [2.05, 4.69) is 0 Å². The minimum Gasteiger partial charge on any atom is -0.448 e. The predicted molar refractivity (Wildman–Crippen MR) is 62.7 cm³/mol. The second-order valence-corrected chi connectivity index (χ2v) is 4.78. The van der Waals surface area contributed by atoms with Gasteiger partial charge in [-0.1, -0.05) is 11.6 Å². The largest absolute Gasteiger partial charge is 0.448 e. The molecule has 2 aliphatic rings. The summed E-state index contributed by atoms with van der Waals surface area (Å²) in [6.07, 6.45) is 2.84. The van der Waals surface area contributed by atoms with Gasteiger partial charge in [0, 0.05) is 24.5 Å². The van der Waals surface area contributed by atoms with E-state index in [0.29, 0.717) is 22.1 Å². The molecule has 1 aromatic carbocycles. The second kappa shape index (κ2) is 3.62. The summed E-state index contributed by atoms with van der Waals surface area (Å²) in [5.74, 6) is 0.501. The quantitative estimate of drug-likeness (QED) is 0.821. The van der Waals surface area contributed by atoms with Crippen LogP contribution < -0.4 is 15.2 Å². The molecule has 1 aliphatic carbocycles. The molecule has 1 aromatic rings. The lowest BCUT2D eigenvalue weighted by molar-refractivity contribution is -0.138. The van der Waals surface area contributed by atoms with Crippen LogP contribution >= 0.6 is 11.6 Å². The van der Waals surface area contributed by atoms with Crippen molar-refractivity contribution in [3.8, 4) is 11.5 Å². The molecule has 2 N–H and O–H groups in total. The van der Waals surface area contributed by atoms with Crippen molar-refractivity contribution in [2.75, 3.05) is 6.54 Å². The van der Waals surface area contributed by atoms with Crippen molar-refractivity contribution in [2.45, 2.75) is 25.0 Å². The highest BCUT2D eigenvalue weighted by molar-refractivity contribution is 6.34. The molecule has 0 bridgehead atoms. The van der Waals surface area contributed by atoms with E-state index in [4.69, 9.17) is 26.8 Å². The Bertz CT molecular complexity index is 497. The van der Waals surface area contributed by atoms with Gasteiger partial charge < -0.3 is 15.2 Å². The molecule has 1 aliphatic heterocycles. The molecule has 1 saturated carbocycles. The molecule has 1 heterocycles. The molecule has 0 atom stereocenters. The number of rotatable bonds is 2. The molecule has 0 radical (unpaired) electrons. The molecular weight excluding hydrogens is 242 g/mol. The van der Waals surface area contributed by atoms with E-state index in [-0.39, 0.29) is 12.3 Å². The lowest BCUT2D eigenvalue weighted by atomic mass is 9.91. The number of benzene rings is 1. The van der Waals surface area contributed by atoms with Gasteiger partial charge in [0.1, 0.15) is 0 Å². The molecule has 5 heteroatoms. The lowest BCUT2D eigenvalue weighted by Gasteiger charge is -2.35. The van der Waals surface area contributed by atoms with E-state index in [0.717, 1.165) is 19.3 Å². The van der Waals surface area contributed by atoms with Gasteiger partial charge >= 0.3 is 0 Å². The average Bonchev–Trinajstić information content (AvgIpc) is 2.65. The van der Waals surface area contributed by atoms with E-state index >= 15 is 0 Å². The Kier molecular flexibility index (Phi) is 2.31. The number of carbonyl (C=O) groups excluding carboxylic acids is 1. The third kappa shape index (κ3) is 1.59. The van der Waals surface area contributed by atoms with E-state index < -0.39 is 5.79 Å². The fraction of sp³-hybridized carbons (Fsp3) is 0.417. The highest BCUT2D eigenvalue weighted by Crippen LogP contribution is 2.49. The highest BCUT2D eigenvalue weighted by Gasteiger charge is 2.47. The van der Waals surface area contributed by atoms with Gasteiger partial charge in [0.05, 0.1) is 11.6 Å². The van der Waals surface area contributed by atoms with Crippen molar-refractivity contribution in [1.82, 2.24) is 0 Å². The SMILES string of the molecule is NCC(=O)c1cc2c(cc1Cl)OC1(CCC1)O2. The summed E-state index contributed by atoms with van der Waals surface area (Å²) >= 11 is 6.02. The Hall–Kier alpha value is -1.26. The van der Waals surface area contributed by atoms with E-state index in [1.54, 1.807) is 12.1 Å². The van der Waals surface area contributed by atoms with Gasteiger partial charge in [0.2, 0.25) is 0 Å². The molecule has 90 valence electrons. The molecule has 1 spiro atoms. The van der Waals surface area contributed by atoms with Crippen LogP contribution in [0.15, 0.2) is 12.1 Å². The van der Waals surface area contributed by atoms with Crippen LogP contribution in [0.25, 0.3) is 0 Å². The topological polar surface area (TPSA) is 61.6 Å². The van der Waals surface area contributed by atoms with Crippen LogP contribution in [-0.2, 0) is 0 Å². The maximum absolute atomic E-state index is 11.6. The molecular formula is C12H12ClNO3. The number of ketones is 1. The zero-order valence-electron chi connectivity index (χ0n) is 9.16. The zero-order chi connectivity index (χ0) is 12.0. The number of hydrogen-bond donors (Lipinski definition) is 1.